The molecule has 0 aliphatic rings. The molecule has 2 atom stereocenters. The minimum atomic E-state index is 0.00425. The van der Waals surface area contributed by atoms with Crippen LogP contribution >= 0.6 is 0 Å². The highest BCUT2D eigenvalue weighted by atomic mass is 16.1. The number of nitrogens with one attached hydrogen (secondary N) is 1. The third kappa shape index (κ3) is 4.61. The molecule has 106 valence electrons. The molecule has 19 heavy (non-hydrogen) atoms. The average molecular weight is 264 g/mol. The van der Waals surface area contributed by atoms with E-state index in [9.17, 15) is 4.79 Å². The molecule has 1 amide bonds. The highest BCUT2D eigenvalue weighted by Crippen LogP contribution is 2.21. The summed E-state index contributed by atoms with van der Waals surface area (Å²) in [5.74, 6) is 0.0386. The molecule has 2 unspecified atom stereocenters. The first kappa shape index (κ1) is 15.6. The van der Waals surface area contributed by atoms with Gasteiger partial charge in [-0.15, -0.1) is 0 Å². The summed E-state index contributed by atoms with van der Waals surface area (Å²) in [6.45, 7) is 2.72. The topological polar surface area (TPSA) is 71.2 Å². The van der Waals surface area contributed by atoms with E-state index < -0.39 is 0 Å². The molecule has 0 fully saturated rings. The molecule has 1 aromatic heterocycles. The summed E-state index contributed by atoms with van der Waals surface area (Å²) < 4.78 is 0. The second kappa shape index (κ2) is 7.86. The standard InChI is InChI=1S/C14H24N4O/c1-4-11(15)14(12-7-5-6-9-17-12)18(3)10-8-13(19)16-2/h5-7,9,11,14H,4,8,10,15H2,1-3H3,(H,16,19). The van der Waals surface area contributed by atoms with Crippen LogP contribution in [0.3, 0.4) is 0 Å². The Hall–Kier alpha value is -1.46. The van der Waals surface area contributed by atoms with Crippen LogP contribution < -0.4 is 11.1 Å². The maximum atomic E-state index is 11.3. The van der Waals surface area contributed by atoms with E-state index in [2.05, 4.69) is 22.1 Å². The smallest absolute Gasteiger partial charge is 0.221 e. The fourth-order valence-corrected chi connectivity index (χ4v) is 2.09. The lowest BCUT2D eigenvalue weighted by Crippen LogP contribution is -2.40. The van der Waals surface area contributed by atoms with Crippen molar-refractivity contribution in [3.63, 3.8) is 0 Å². The second-order valence-corrected chi connectivity index (χ2v) is 4.68. The molecule has 1 rings (SSSR count). The van der Waals surface area contributed by atoms with Crippen molar-refractivity contribution in [2.45, 2.75) is 31.8 Å². The van der Waals surface area contributed by atoms with E-state index in [-0.39, 0.29) is 18.0 Å². The number of rotatable bonds is 7. The predicted molar refractivity (Wildman–Crippen MR) is 76.6 cm³/mol. The molecule has 1 aromatic rings. The summed E-state index contributed by atoms with van der Waals surface area (Å²) in [5, 5.41) is 2.63. The number of carbonyl (C=O) groups is 1. The molecule has 1 heterocycles. The zero-order valence-corrected chi connectivity index (χ0v) is 12.0. The maximum Gasteiger partial charge on any atom is 0.221 e. The minimum absolute atomic E-state index is 0.00425. The first-order valence-corrected chi connectivity index (χ1v) is 6.67. The lowest BCUT2D eigenvalue weighted by atomic mass is 10.0. The monoisotopic (exact) mass is 264 g/mol. The highest BCUT2D eigenvalue weighted by molar-refractivity contribution is 5.75. The molecule has 0 aliphatic carbocycles. The number of likely N-dealkylation sites (N-methyl/N-ethyl adjacent to an activating group) is 1. The summed E-state index contributed by atoms with van der Waals surface area (Å²) in [6, 6.07) is 5.88. The normalized spacial score (nSPS) is 14.2. The average Bonchev–Trinajstić information content (AvgIpc) is 2.45. The Bertz CT molecular complexity index is 382. The molecule has 0 saturated heterocycles. The number of nitrogens with zero attached hydrogens (tertiary/aromatic N) is 2. The van der Waals surface area contributed by atoms with Gasteiger partial charge in [-0.2, -0.15) is 0 Å². The van der Waals surface area contributed by atoms with Crippen molar-refractivity contribution in [1.82, 2.24) is 15.2 Å². The van der Waals surface area contributed by atoms with Crippen molar-refractivity contribution in [2.75, 3.05) is 20.6 Å². The summed E-state index contributed by atoms with van der Waals surface area (Å²) in [4.78, 5) is 17.8. The molecule has 0 aromatic carbocycles. The lowest BCUT2D eigenvalue weighted by molar-refractivity contribution is -0.121. The van der Waals surface area contributed by atoms with E-state index in [4.69, 9.17) is 5.73 Å². The van der Waals surface area contributed by atoms with E-state index in [1.807, 2.05) is 25.2 Å². The third-order valence-corrected chi connectivity index (χ3v) is 3.31. The summed E-state index contributed by atoms with van der Waals surface area (Å²) in [7, 11) is 3.63. The fourth-order valence-electron chi connectivity index (χ4n) is 2.09. The zero-order chi connectivity index (χ0) is 14.3. The summed E-state index contributed by atoms with van der Waals surface area (Å²) >= 11 is 0. The Morgan fingerprint density at radius 3 is 2.79 bits per heavy atom. The molecular formula is C14H24N4O. The van der Waals surface area contributed by atoms with Crippen LogP contribution in [0.5, 0.6) is 0 Å². The SMILES string of the molecule is CCC(N)C(c1ccccn1)N(C)CCC(=O)NC. The Balaban J connectivity index is 2.77. The highest BCUT2D eigenvalue weighted by Gasteiger charge is 2.24. The van der Waals surface area contributed by atoms with Crippen LogP contribution in [0.25, 0.3) is 0 Å². The zero-order valence-electron chi connectivity index (χ0n) is 12.0. The van der Waals surface area contributed by atoms with Crippen LogP contribution in [0.1, 0.15) is 31.5 Å². The van der Waals surface area contributed by atoms with E-state index in [0.717, 1.165) is 12.1 Å². The Morgan fingerprint density at radius 2 is 2.26 bits per heavy atom. The molecule has 0 bridgehead atoms. The van der Waals surface area contributed by atoms with E-state index in [1.165, 1.54) is 0 Å². The van der Waals surface area contributed by atoms with Gasteiger partial charge in [-0.3, -0.25) is 14.7 Å². The van der Waals surface area contributed by atoms with Gasteiger partial charge in [-0.25, -0.2) is 0 Å². The Labute approximate surface area is 115 Å². The van der Waals surface area contributed by atoms with E-state index in [0.29, 0.717) is 13.0 Å². The molecule has 5 heteroatoms. The van der Waals surface area contributed by atoms with Gasteiger partial charge in [0, 0.05) is 32.3 Å². The van der Waals surface area contributed by atoms with Crippen LogP contribution in [0, 0.1) is 0 Å². The molecule has 0 radical (unpaired) electrons. The number of pyridine rings is 1. The van der Waals surface area contributed by atoms with Gasteiger partial charge < -0.3 is 11.1 Å². The van der Waals surface area contributed by atoms with Gasteiger partial charge in [-0.05, 0) is 25.6 Å². The number of hydrogen-bond acceptors (Lipinski definition) is 4. The lowest BCUT2D eigenvalue weighted by Gasteiger charge is -2.31. The van der Waals surface area contributed by atoms with Gasteiger partial charge >= 0.3 is 0 Å². The minimum Gasteiger partial charge on any atom is -0.359 e. The third-order valence-electron chi connectivity index (χ3n) is 3.31. The van der Waals surface area contributed by atoms with Gasteiger partial charge in [-0.1, -0.05) is 13.0 Å². The number of aromatic nitrogens is 1. The van der Waals surface area contributed by atoms with Gasteiger partial charge in [0.2, 0.25) is 5.91 Å². The first-order chi connectivity index (χ1) is 9.10. The molecular weight excluding hydrogens is 240 g/mol. The van der Waals surface area contributed by atoms with Gasteiger partial charge in [0.25, 0.3) is 0 Å². The molecule has 0 saturated carbocycles. The summed E-state index contributed by atoms with van der Waals surface area (Å²) in [5.41, 5.74) is 7.16. The van der Waals surface area contributed by atoms with Gasteiger partial charge in [0.15, 0.2) is 0 Å². The largest absolute Gasteiger partial charge is 0.359 e. The molecule has 0 spiro atoms. The van der Waals surface area contributed by atoms with Crippen molar-refractivity contribution in [3.8, 4) is 0 Å². The van der Waals surface area contributed by atoms with Gasteiger partial charge in [0.05, 0.1) is 11.7 Å². The van der Waals surface area contributed by atoms with Crippen molar-refractivity contribution in [2.24, 2.45) is 5.73 Å². The Kier molecular flexibility index (Phi) is 6.45. The number of carbonyl (C=O) groups excluding carboxylic acids is 1. The molecule has 0 aliphatic heterocycles. The van der Waals surface area contributed by atoms with Gasteiger partial charge in [0.1, 0.15) is 0 Å². The van der Waals surface area contributed by atoms with E-state index >= 15 is 0 Å². The number of nitrogens with two attached hydrogens (primary N) is 1. The fraction of sp³-hybridized carbons (Fsp3) is 0.571. The van der Waals surface area contributed by atoms with Crippen LogP contribution in [0.15, 0.2) is 24.4 Å². The van der Waals surface area contributed by atoms with Crippen LogP contribution in [-0.2, 0) is 4.79 Å². The number of amides is 1. The Morgan fingerprint density at radius 1 is 1.53 bits per heavy atom. The first-order valence-electron chi connectivity index (χ1n) is 6.67. The van der Waals surface area contributed by atoms with Crippen LogP contribution in [0.4, 0.5) is 0 Å². The van der Waals surface area contributed by atoms with Crippen molar-refractivity contribution in [3.05, 3.63) is 30.1 Å². The second-order valence-electron chi connectivity index (χ2n) is 4.68. The predicted octanol–water partition coefficient (Wildman–Crippen LogP) is 0.928. The van der Waals surface area contributed by atoms with Crippen LogP contribution in [0.2, 0.25) is 0 Å². The van der Waals surface area contributed by atoms with E-state index in [1.54, 1.807) is 13.2 Å². The van der Waals surface area contributed by atoms with Crippen molar-refractivity contribution < 1.29 is 4.79 Å². The quantitative estimate of drug-likeness (QED) is 0.768. The van der Waals surface area contributed by atoms with Crippen LogP contribution in [-0.4, -0.2) is 42.5 Å². The molecule has 5 nitrogen and oxygen atoms in total. The van der Waals surface area contributed by atoms with Crippen molar-refractivity contribution in [1.29, 1.82) is 0 Å². The maximum absolute atomic E-state index is 11.3. The molecule has 3 N–H and O–H groups in total. The number of hydrogen-bond donors (Lipinski definition) is 2. The summed E-state index contributed by atoms with van der Waals surface area (Å²) in [6.07, 6.45) is 3.11. The van der Waals surface area contributed by atoms with Crippen molar-refractivity contribution >= 4 is 5.91 Å².